The number of amides is 1. The number of phenols is 1. The fourth-order valence-electron chi connectivity index (χ4n) is 1.88. The minimum Gasteiger partial charge on any atom is -0.504 e. The maximum Gasteiger partial charge on any atom is 0.274 e. The molecule has 0 saturated carbocycles. The summed E-state index contributed by atoms with van der Waals surface area (Å²) in [6, 6.07) is 3.96. The van der Waals surface area contributed by atoms with Crippen molar-refractivity contribution in [2.24, 2.45) is 5.10 Å². The van der Waals surface area contributed by atoms with Gasteiger partial charge in [0, 0.05) is 17.8 Å². The topological polar surface area (TPSA) is 132 Å². The first-order chi connectivity index (χ1) is 11.4. The van der Waals surface area contributed by atoms with Crippen molar-refractivity contribution >= 4 is 17.8 Å². The number of hydrogen-bond acceptors (Lipinski definition) is 7. The van der Waals surface area contributed by atoms with Crippen LogP contribution in [0.2, 0.25) is 0 Å². The van der Waals surface area contributed by atoms with Crippen LogP contribution in [0.5, 0.6) is 11.5 Å². The summed E-state index contributed by atoms with van der Waals surface area (Å²) in [4.78, 5) is 22.0. The summed E-state index contributed by atoms with van der Waals surface area (Å²) in [5.74, 6) is -0.820. The number of hydrazone groups is 1. The van der Waals surface area contributed by atoms with Crippen molar-refractivity contribution in [2.45, 2.75) is 13.5 Å². The fraction of sp³-hybridized carbons (Fsp3) is 0.214. The van der Waals surface area contributed by atoms with Gasteiger partial charge in [0.25, 0.3) is 11.6 Å². The number of hydrogen-bond donors (Lipinski definition) is 2. The summed E-state index contributed by atoms with van der Waals surface area (Å²) in [6.45, 7) is 1.76. The van der Waals surface area contributed by atoms with E-state index in [-0.39, 0.29) is 29.3 Å². The second-order valence-corrected chi connectivity index (χ2v) is 4.79. The normalized spacial score (nSPS) is 10.8. The van der Waals surface area contributed by atoms with Gasteiger partial charge in [0.15, 0.2) is 11.5 Å². The predicted octanol–water partition coefficient (Wildman–Crippen LogP) is 0.964. The second kappa shape index (κ2) is 7.22. The molecular formula is C14H15N5O5. The van der Waals surface area contributed by atoms with E-state index in [4.69, 9.17) is 4.74 Å². The van der Waals surface area contributed by atoms with Crippen LogP contribution in [0.25, 0.3) is 0 Å². The Labute approximate surface area is 136 Å². The van der Waals surface area contributed by atoms with E-state index in [0.29, 0.717) is 0 Å². The standard InChI is InChI=1S/C14H15N5O5/c1-9-3-4-18(17-9)8-13(20)16-15-7-10-5-11(19(22)23)6-12(24-2)14(10)21/h3-7,21H,8H2,1-2H3,(H,16,20)/b15-7+. The van der Waals surface area contributed by atoms with Gasteiger partial charge in [-0.25, -0.2) is 5.43 Å². The predicted molar refractivity (Wildman–Crippen MR) is 84.0 cm³/mol. The number of nitro groups is 1. The molecule has 0 aliphatic rings. The zero-order chi connectivity index (χ0) is 17.7. The van der Waals surface area contributed by atoms with Gasteiger partial charge in [-0.15, -0.1) is 0 Å². The van der Waals surface area contributed by atoms with Crippen LogP contribution in [-0.4, -0.2) is 39.0 Å². The third kappa shape index (κ3) is 4.06. The van der Waals surface area contributed by atoms with Crippen LogP contribution in [0.1, 0.15) is 11.3 Å². The van der Waals surface area contributed by atoms with Crippen LogP contribution in [0.15, 0.2) is 29.5 Å². The van der Waals surface area contributed by atoms with Crippen LogP contribution in [0.4, 0.5) is 5.69 Å². The summed E-state index contributed by atoms with van der Waals surface area (Å²) in [5, 5.41) is 28.5. The number of nitrogens with one attached hydrogen (secondary N) is 1. The fourth-order valence-corrected chi connectivity index (χ4v) is 1.88. The van der Waals surface area contributed by atoms with E-state index in [0.717, 1.165) is 24.0 Å². The van der Waals surface area contributed by atoms with E-state index < -0.39 is 10.8 Å². The monoisotopic (exact) mass is 333 g/mol. The number of carbonyl (C=O) groups excluding carboxylic acids is 1. The van der Waals surface area contributed by atoms with Gasteiger partial charge < -0.3 is 9.84 Å². The lowest BCUT2D eigenvalue weighted by Crippen LogP contribution is -2.23. The lowest BCUT2D eigenvalue weighted by Gasteiger charge is -2.06. The second-order valence-electron chi connectivity index (χ2n) is 4.79. The maximum atomic E-state index is 11.7. The van der Waals surface area contributed by atoms with E-state index in [1.807, 2.05) is 0 Å². The van der Waals surface area contributed by atoms with Crippen LogP contribution < -0.4 is 10.2 Å². The highest BCUT2D eigenvalue weighted by Crippen LogP contribution is 2.33. The molecule has 24 heavy (non-hydrogen) atoms. The number of non-ortho nitro benzene ring substituents is 1. The van der Waals surface area contributed by atoms with Crippen LogP contribution >= 0.6 is 0 Å². The first kappa shape index (κ1) is 16.9. The lowest BCUT2D eigenvalue weighted by atomic mass is 10.2. The molecule has 126 valence electrons. The van der Waals surface area contributed by atoms with E-state index in [9.17, 15) is 20.0 Å². The van der Waals surface area contributed by atoms with E-state index in [1.165, 1.54) is 11.8 Å². The zero-order valence-corrected chi connectivity index (χ0v) is 13.0. The van der Waals surface area contributed by atoms with Crippen LogP contribution in [-0.2, 0) is 11.3 Å². The maximum absolute atomic E-state index is 11.7. The highest BCUT2D eigenvalue weighted by molar-refractivity contribution is 5.87. The SMILES string of the molecule is COc1cc([N+](=O)[O-])cc(/C=N/NC(=O)Cn2ccc(C)n2)c1O. The number of nitrogens with zero attached hydrogens (tertiary/aromatic N) is 4. The Bertz CT molecular complexity index is 799. The molecule has 1 amide bonds. The Hall–Kier alpha value is -3.43. The highest BCUT2D eigenvalue weighted by atomic mass is 16.6. The molecule has 2 rings (SSSR count). The summed E-state index contributed by atoms with van der Waals surface area (Å²) in [6.07, 6.45) is 2.74. The van der Waals surface area contributed by atoms with Crippen LogP contribution in [0, 0.1) is 17.0 Å². The smallest absolute Gasteiger partial charge is 0.274 e. The molecule has 10 heteroatoms. The molecule has 10 nitrogen and oxygen atoms in total. The van der Waals surface area contributed by atoms with Gasteiger partial charge >= 0.3 is 0 Å². The molecule has 0 fully saturated rings. The largest absolute Gasteiger partial charge is 0.504 e. The van der Waals surface area contributed by atoms with Crippen molar-refractivity contribution in [3.8, 4) is 11.5 Å². The number of aromatic hydroxyl groups is 1. The number of benzene rings is 1. The van der Waals surface area contributed by atoms with E-state index in [2.05, 4.69) is 15.6 Å². The summed E-state index contributed by atoms with van der Waals surface area (Å²) in [5.41, 5.74) is 2.79. The molecular weight excluding hydrogens is 318 g/mol. The van der Waals surface area contributed by atoms with Gasteiger partial charge in [0.05, 0.1) is 30.0 Å². The van der Waals surface area contributed by atoms with Gasteiger partial charge in [-0.1, -0.05) is 0 Å². The summed E-state index contributed by atoms with van der Waals surface area (Å²) < 4.78 is 6.31. The van der Waals surface area contributed by atoms with Crippen molar-refractivity contribution in [1.29, 1.82) is 0 Å². The number of aromatic nitrogens is 2. The molecule has 0 atom stereocenters. The summed E-state index contributed by atoms with van der Waals surface area (Å²) in [7, 11) is 1.27. The Morgan fingerprint density at radius 3 is 2.92 bits per heavy atom. The lowest BCUT2D eigenvalue weighted by molar-refractivity contribution is -0.385. The molecule has 0 bridgehead atoms. The van der Waals surface area contributed by atoms with E-state index in [1.54, 1.807) is 19.2 Å². The molecule has 0 aliphatic carbocycles. The Morgan fingerprint density at radius 1 is 1.58 bits per heavy atom. The first-order valence-electron chi connectivity index (χ1n) is 6.78. The van der Waals surface area contributed by atoms with Crippen molar-refractivity contribution in [3.05, 3.63) is 45.8 Å². The molecule has 1 aromatic carbocycles. The van der Waals surface area contributed by atoms with Gasteiger partial charge in [-0.05, 0) is 13.0 Å². The Balaban J connectivity index is 2.09. The molecule has 1 aromatic heterocycles. The molecule has 0 spiro atoms. The number of aryl methyl sites for hydroxylation is 1. The van der Waals surface area contributed by atoms with E-state index >= 15 is 0 Å². The molecule has 2 N–H and O–H groups in total. The van der Waals surface area contributed by atoms with Gasteiger partial charge in [0.2, 0.25) is 0 Å². The third-order valence-electron chi connectivity index (χ3n) is 2.99. The number of phenolic OH excluding ortho intramolecular Hbond substituents is 1. The number of rotatable bonds is 6. The van der Waals surface area contributed by atoms with Gasteiger partial charge in [0.1, 0.15) is 6.54 Å². The molecule has 0 radical (unpaired) electrons. The number of carbonyl (C=O) groups is 1. The van der Waals surface area contributed by atoms with Crippen molar-refractivity contribution < 1.29 is 19.6 Å². The van der Waals surface area contributed by atoms with Crippen molar-refractivity contribution in [1.82, 2.24) is 15.2 Å². The molecule has 1 heterocycles. The van der Waals surface area contributed by atoms with Gasteiger partial charge in [-0.2, -0.15) is 10.2 Å². The van der Waals surface area contributed by atoms with Crippen molar-refractivity contribution in [2.75, 3.05) is 7.11 Å². The molecule has 0 unspecified atom stereocenters. The minimum atomic E-state index is -0.627. The quantitative estimate of drug-likeness (QED) is 0.460. The average Bonchev–Trinajstić information content (AvgIpc) is 2.93. The Morgan fingerprint density at radius 2 is 2.33 bits per heavy atom. The number of nitro benzene ring substituents is 1. The van der Waals surface area contributed by atoms with Gasteiger partial charge in [-0.3, -0.25) is 19.6 Å². The van der Waals surface area contributed by atoms with Crippen molar-refractivity contribution in [3.63, 3.8) is 0 Å². The minimum absolute atomic E-state index is 0.0323. The van der Waals surface area contributed by atoms with Crippen LogP contribution in [0.3, 0.4) is 0 Å². The highest BCUT2D eigenvalue weighted by Gasteiger charge is 2.15. The zero-order valence-electron chi connectivity index (χ0n) is 13.0. The average molecular weight is 333 g/mol. The number of ether oxygens (including phenoxy) is 1. The Kier molecular flexibility index (Phi) is 5.09. The number of methoxy groups -OCH3 is 1. The summed E-state index contributed by atoms with van der Waals surface area (Å²) >= 11 is 0. The third-order valence-corrected chi connectivity index (χ3v) is 2.99. The molecule has 0 aliphatic heterocycles. The molecule has 0 saturated heterocycles. The molecule has 2 aromatic rings. The first-order valence-corrected chi connectivity index (χ1v) is 6.78.